The van der Waals surface area contributed by atoms with Crippen LogP contribution in [0, 0.1) is 5.92 Å². The van der Waals surface area contributed by atoms with Gasteiger partial charge in [-0.3, -0.25) is 9.59 Å². The van der Waals surface area contributed by atoms with Crippen LogP contribution in [-0.2, 0) is 21.4 Å². The Morgan fingerprint density at radius 2 is 1.59 bits per heavy atom. The highest BCUT2D eigenvalue weighted by Crippen LogP contribution is 2.26. The van der Waals surface area contributed by atoms with Gasteiger partial charge in [-0.15, -0.1) is 0 Å². The number of nitrogens with one attached hydrogen (secondary N) is 2. The zero-order chi connectivity index (χ0) is 24.0. The summed E-state index contributed by atoms with van der Waals surface area (Å²) in [7, 11) is -3.62. The molecule has 4 rings (SSSR count). The summed E-state index contributed by atoms with van der Waals surface area (Å²) in [5, 5.41) is 5.84. The molecular weight excluding hydrogens is 450 g/mol. The summed E-state index contributed by atoms with van der Waals surface area (Å²) in [5.41, 5.74) is 1.88. The maximum atomic E-state index is 13.1. The molecule has 0 spiro atoms. The molecule has 2 aromatic rings. The van der Waals surface area contributed by atoms with E-state index in [9.17, 15) is 18.0 Å². The molecule has 2 aromatic carbocycles. The Morgan fingerprint density at radius 3 is 2.32 bits per heavy atom. The lowest BCUT2D eigenvalue weighted by Crippen LogP contribution is -2.32. The van der Waals surface area contributed by atoms with Crippen LogP contribution in [0.15, 0.2) is 53.4 Å². The Kier molecular flexibility index (Phi) is 8.00. The molecule has 0 unspecified atom stereocenters. The van der Waals surface area contributed by atoms with Gasteiger partial charge >= 0.3 is 0 Å². The topological polar surface area (TPSA) is 95.6 Å². The van der Waals surface area contributed by atoms with E-state index in [1.807, 2.05) is 24.3 Å². The normalized spacial score (nSPS) is 17.8. The first-order valence-corrected chi connectivity index (χ1v) is 13.7. The molecule has 34 heavy (non-hydrogen) atoms. The molecule has 1 saturated carbocycles. The van der Waals surface area contributed by atoms with Gasteiger partial charge in [-0.05, 0) is 61.6 Å². The zero-order valence-electron chi connectivity index (χ0n) is 19.5. The minimum absolute atomic E-state index is 0.0566. The van der Waals surface area contributed by atoms with E-state index in [4.69, 9.17) is 0 Å². The lowest BCUT2D eigenvalue weighted by molar-refractivity contribution is -0.119. The molecule has 2 aliphatic rings. The Bertz CT molecular complexity index is 1120. The monoisotopic (exact) mass is 483 g/mol. The quantitative estimate of drug-likeness (QED) is 0.613. The number of carbonyl (C=O) groups is 2. The molecule has 7 nitrogen and oxygen atoms in total. The number of sulfonamides is 1. The van der Waals surface area contributed by atoms with Gasteiger partial charge in [0.25, 0.3) is 5.91 Å². The Balaban J connectivity index is 1.38. The second kappa shape index (κ2) is 11.1. The average Bonchev–Trinajstić information content (AvgIpc) is 3.25. The third kappa shape index (κ3) is 6.04. The van der Waals surface area contributed by atoms with Crippen LogP contribution >= 0.6 is 0 Å². The summed E-state index contributed by atoms with van der Waals surface area (Å²) in [5.74, 6) is -0.198. The van der Waals surface area contributed by atoms with Gasteiger partial charge in [-0.1, -0.05) is 43.9 Å². The number of rotatable bonds is 7. The standard InChI is InChI=1S/C26H33N3O4S/c30-25(22-12-8-14-24(18-22)34(32,33)29-15-5-1-2-6-16-29)27-19-20-9-7-13-23(17-20)28-26(31)21-10-3-4-11-21/h7-9,12-14,17-18,21H,1-6,10-11,15-16,19H2,(H,27,30)(H,28,31). The van der Waals surface area contributed by atoms with Crippen molar-refractivity contribution in [3.05, 3.63) is 59.7 Å². The van der Waals surface area contributed by atoms with E-state index >= 15 is 0 Å². The first-order chi connectivity index (χ1) is 16.4. The molecule has 1 aliphatic heterocycles. The molecule has 0 atom stereocenters. The van der Waals surface area contributed by atoms with Gasteiger partial charge in [0.05, 0.1) is 4.90 Å². The van der Waals surface area contributed by atoms with Gasteiger partial charge in [-0.25, -0.2) is 8.42 Å². The van der Waals surface area contributed by atoms with Gasteiger partial charge in [0.1, 0.15) is 0 Å². The number of benzene rings is 2. The lowest BCUT2D eigenvalue weighted by Gasteiger charge is -2.20. The van der Waals surface area contributed by atoms with Crippen LogP contribution in [0.4, 0.5) is 5.69 Å². The highest BCUT2D eigenvalue weighted by Gasteiger charge is 2.26. The highest BCUT2D eigenvalue weighted by atomic mass is 32.2. The fourth-order valence-corrected chi connectivity index (χ4v) is 6.27. The number of hydrogen-bond acceptors (Lipinski definition) is 4. The maximum absolute atomic E-state index is 13.1. The van der Waals surface area contributed by atoms with E-state index in [0.717, 1.165) is 56.9 Å². The van der Waals surface area contributed by atoms with Crippen LogP contribution < -0.4 is 10.6 Å². The zero-order valence-corrected chi connectivity index (χ0v) is 20.3. The van der Waals surface area contributed by atoms with Crippen molar-refractivity contribution in [3.63, 3.8) is 0 Å². The van der Waals surface area contributed by atoms with Crippen molar-refractivity contribution >= 4 is 27.5 Å². The van der Waals surface area contributed by atoms with Crippen molar-refractivity contribution in [2.24, 2.45) is 5.92 Å². The fraction of sp³-hybridized carbons (Fsp3) is 0.462. The van der Waals surface area contributed by atoms with E-state index in [1.54, 1.807) is 18.2 Å². The predicted molar refractivity (Wildman–Crippen MR) is 132 cm³/mol. The summed E-state index contributed by atoms with van der Waals surface area (Å²) >= 11 is 0. The maximum Gasteiger partial charge on any atom is 0.251 e. The van der Waals surface area contributed by atoms with Crippen molar-refractivity contribution in [2.45, 2.75) is 62.8 Å². The molecule has 1 saturated heterocycles. The molecule has 0 bridgehead atoms. The molecule has 1 heterocycles. The average molecular weight is 484 g/mol. The lowest BCUT2D eigenvalue weighted by atomic mass is 10.1. The van der Waals surface area contributed by atoms with Crippen molar-refractivity contribution in [1.29, 1.82) is 0 Å². The fourth-order valence-electron chi connectivity index (χ4n) is 4.70. The molecule has 1 aliphatic carbocycles. The number of hydrogen-bond donors (Lipinski definition) is 2. The van der Waals surface area contributed by atoms with Crippen LogP contribution in [0.3, 0.4) is 0 Å². The predicted octanol–water partition coefficient (Wildman–Crippen LogP) is 4.31. The summed E-state index contributed by atoms with van der Waals surface area (Å²) in [4.78, 5) is 25.3. The summed E-state index contributed by atoms with van der Waals surface area (Å²) < 4.78 is 27.7. The molecule has 2 fully saturated rings. The Hall–Kier alpha value is -2.71. The van der Waals surface area contributed by atoms with Crippen molar-refractivity contribution in [2.75, 3.05) is 18.4 Å². The van der Waals surface area contributed by atoms with Crippen molar-refractivity contribution < 1.29 is 18.0 Å². The van der Waals surface area contributed by atoms with Gasteiger partial charge in [0, 0.05) is 36.8 Å². The van der Waals surface area contributed by atoms with Gasteiger partial charge in [0.15, 0.2) is 0 Å². The van der Waals surface area contributed by atoms with Crippen LogP contribution in [0.5, 0.6) is 0 Å². The molecule has 8 heteroatoms. The van der Waals surface area contributed by atoms with E-state index in [2.05, 4.69) is 10.6 Å². The van der Waals surface area contributed by atoms with E-state index in [0.29, 0.717) is 24.3 Å². The van der Waals surface area contributed by atoms with E-state index in [-0.39, 0.29) is 29.2 Å². The van der Waals surface area contributed by atoms with E-state index < -0.39 is 10.0 Å². The molecule has 2 amide bonds. The first kappa shape index (κ1) is 24.4. The minimum atomic E-state index is -3.62. The van der Waals surface area contributed by atoms with Gasteiger partial charge in [0.2, 0.25) is 15.9 Å². The summed E-state index contributed by atoms with van der Waals surface area (Å²) in [6.45, 7) is 1.31. The second-order valence-electron chi connectivity index (χ2n) is 9.20. The van der Waals surface area contributed by atoms with Gasteiger partial charge in [-0.2, -0.15) is 4.31 Å². The smallest absolute Gasteiger partial charge is 0.251 e. The number of anilines is 1. The third-order valence-electron chi connectivity index (χ3n) is 6.67. The molecular formula is C26H33N3O4S. The van der Waals surface area contributed by atoms with Crippen molar-refractivity contribution in [3.8, 4) is 0 Å². The molecule has 182 valence electrons. The highest BCUT2D eigenvalue weighted by molar-refractivity contribution is 7.89. The minimum Gasteiger partial charge on any atom is -0.348 e. The van der Waals surface area contributed by atoms with Crippen molar-refractivity contribution in [1.82, 2.24) is 9.62 Å². The Labute approximate surface area is 202 Å². The van der Waals surface area contributed by atoms with Crippen LogP contribution in [0.2, 0.25) is 0 Å². The molecule has 0 aromatic heterocycles. The summed E-state index contributed by atoms with van der Waals surface area (Å²) in [6.07, 6.45) is 7.89. The molecule has 2 N–H and O–H groups in total. The van der Waals surface area contributed by atoms with E-state index in [1.165, 1.54) is 10.4 Å². The van der Waals surface area contributed by atoms with Crippen LogP contribution in [0.1, 0.15) is 67.3 Å². The largest absolute Gasteiger partial charge is 0.348 e. The Morgan fingerprint density at radius 1 is 0.882 bits per heavy atom. The second-order valence-corrected chi connectivity index (χ2v) is 11.1. The molecule has 0 radical (unpaired) electrons. The number of nitrogens with zero attached hydrogens (tertiary/aromatic N) is 1. The number of amides is 2. The van der Waals surface area contributed by atoms with Crippen LogP contribution in [-0.4, -0.2) is 37.6 Å². The third-order valence-corrected chi connectivity index (χ3v) is 8.57. The van der Waals surface area contributed by atoms with Crippen LogP contribution in [0.25, 0.3) is 0 Å². The number of carbonyl (C=O) groups excluding carboxylic acids is 2. The van der Waals surface area contributed by atoms with Gasteiger partial charge < -0.3 is 10.6 Å². The first-order valence-electron chi connectivity index (χ1n) is 12.2. The summed E-state index contributed by atoms with van der Waals surface area (Å²) in [6, 6.07) is 13.7. The SMILES string of the molecule is O=C(NCc1cccc(NC(=O)C2CCCC2)c1)c1cccc(S(=O)(=O)N2CCCCCC2)c1.